The van der Waals surface area contributed by atoms with E-state index in [-0.39, 0.29) is 6.04 Å². The molecule has 0 amide bonds. The summed E-state index contributed by atoms with van der Waals surface area (Å²) in [5, 5.41) is 1.90. The van der Waals surface area contributed by atoms with Crippen LogP contribution in [0.25, 0.3) is 10.9 Å². The van der Waals surface area contributed by atoms with Gasteiger partial charge in [-0.3, -0.25) is 4.90 Å². The Morgan fingerprint density at radius 1 is 1.05 bits per heavy atom. The van der Waals surface area contributed by atoms with Gasteiger partial charge in [-0.25, -0.2) is 0 Å². The molecule has 0 aliphatic carbocycles. The van der Waals surface area contributed by atoms with Gasteiger partial charge in [-0.1, -0.05) is 47.5 Å². The molecule has 1 N–H and O–H groups in total. The summed E-state index contributed by atoms with van der Waals surface area (Å²) in [4.78, 5) is 5.55. The molecule has 0 saturated carbocycles. The van der Waals surface area contributed by atoms with Gasteiger partial charge in [0.05, 0.1) is 11.1 Å². The number of nitrogens with zero attached hydrogens (tertiary/aromatic N) is 1. The Hall–Kier alpha value is -1.77. The minimum absolute atomic E-state index is 0.180. The number of benzene rings is 2. The average molecular weight is 299 g/mol. The molecule has 108 valence electrons. The highest BCUT2D eigenvalue weighted by Gasteiger charge is 2.21. The van der Waals surface area contributed by atoms with Crippen molar-refractivity contribution in [2.45, 2.75) is 13.0 Å². The lowest BCUT2D eigenvalue weighted by molar-refractivity contribution is 0.344. The third kappa shape index (κ3) is 2.57. The fourth-order valence-corrected chi connectivity index (χ4v) is 3.17. The van der Waals surface area contributed by atoms with E-state index < -0.39 is 0 Å². The van der Waals surface area contributed by atoms with E-state index in [4.69, 9.17) is 11.6 Å². The zero-order chi connectivity index (χ0) is 15.0. The molecule has 0 aliphatic rings. The Balaban J connectivity index is 2.18. The van der Waals surface area contributed by atoms with Crippen molar-refractivity contribution in [2.75, 3.05) is 14.1 Å². The zero-order valence-electron chi connectivity index (χ0n) is 12.5. The predicted molar refractivity (Wildman–Crippen MR) is 90.0 cm³/mol. The average Bonchev–Trinajstić information content (AvgIpc) is 2.86. The predicted octanol–water partition coefficient (Wildman–Crippen LogP) is 4.78. The first-order valence-electron chi connectivity index (χ1n) is 7.06. The molecule has 1 heterocycles. The van der Waals surface area contributed by atoms with E-state index in [9.17, 15) is 0 Å². The first-order chi connectivity index (χ1) is 10.1. The van der Waals surface area contributed by atoms with E-state index in [0.29, 0.717) is 0 Å². The van der Waals surface area contributed by atoms with Gasteiger partial charge in [-0.15, -0.1) is 0 Å². The first-order valence-corrected chi connectivity index (χ1v) is 7.44. The molecular formula is C18H19ClN2. The molecule has 0 spiro atoms. The summed E-state index contributed by atoms with van der Waals surface area (Å²) in [6.45, 7) is 2.11. The van der Waals surface area contributed by atoms with Crippen LogP contribution in [-0.2, 0) is 0 Å². The Morgan fingerprint density at radius 2 is 1.76 bits per heavy atom. The minimum atomic E-state index is 0.180. The number of H-pyrrole nitrogens is 1. The molecule has 0 bridgehead atoms. The van der Waals surface area contributed by atoms with Gasteiger partial charge in [0.25, 0.3) is 0 Å². The molecular weight excluding hydrogens is 280 g/mol. The quantitative estimate of drug-likeness (QED) is 0.737. The van der Waals surface area contributed by atoms with Crippen molar-refractivity contribution >= 4 is 22.5 Å². The SMILES string of the molecule is Cc1ccc(C(c2c[nH]c3cccc(Cl)c23)N(C)C)cc1. The standard InChI is InChI=1S/C18H19ClN2/c1-12-7-9-13(10-8-12)18(21(2)3)14-11-20-16-6-4-5-15(19)17(14)16/h4-11,18,20H,1-3H3. The fourth-order valence-electron chi connectivity index (χ4n) is 2.89. The molecule has 3 heteroatoms. The number of rotatable bonds is 3. The summed E-state index contributed by atoms with van der Waals surface area (Å²) in [5.74, 6) is 0. The first kappa shape index (κ1) is 14.2. The van der Waals surface area contributed by atoms with Crippen LogP contribution in [0.5, 0.6) is 0 Å². The van der Waals surface area contributed by atoms with Crippen LogP contribution in [0.3, 0.4) is 0 Å². The smallest absolute Gasteiger partial charge is 0.0618 e. The van der Waals surface area contributed by atoms with Gasteiger partial charge in [0.2, 0.25) is 0 Å². The summed E-state index contributed by atoms with van der Waals surface area (Å²) in [6, 6.07) is 14.9. The van der Waals surface area contributed by atoms with E-state index in [0.717, 1.165) is 15.9 Å². The number of aromatic nitrogens is 1. The lowest BCUT2D eigenvalue weighted by Crippen LogP contribution is -2.20. The number of halogens is 1. The largest absolute Gasteiger partial charge is 0.361 e. The molecule has 0 saturated heterocycles. The molecule has 2 aromatic carbocycles. The Kier molecular flexibility index (Phi) is 3.75. The molecule has 0 aliphatic heterocycles. The van der Waals surface area contributed by atoms with Crippen LogP contribution in [0, 0.1) is 6.92 Å². The summed E-state index contributed by atoms with van der Waals surface area (Å²) in [7, 11) is 4.19. The number of nitrogens with one attached hydrogen (secondary N) is 1. The molecule has 0 radical (unpaired) electrons. The Morgan fingerprint density at radius 3 is 2.43 bits per heavy atom. The lowest BCUT2D eigenvalue weighted by Gasteiger charge is -2.25. The van der Waals surface area contributed by atoms with E-state index in [1.54, 1.807) is 0 Å². The summed E-state index contributed by atoms with van der Waals surface area (Å²) in [5.41, 5.74) is 4.83. The molecule has 3 aromatic rings. The van der Waals surface area contributed by atoms with Gasteiger partial charge >= 0.3 is 0 Å². The third-order valence-corrected chi connectivity index (χ3v) is 4.20. The number of aryl methyl sites for hydroxylation is 1. The van der Waals surface area contributed by atoms with Gasteiger partial charge in [0, 0.05) is 22.7 Å². The van der Waals surface area contributed by atoms with Gasteiger partial charge in [-0.2, -0.15) is 0 Å². The third-order valence-electron chi connectivity index (χ3n) is 3.89. The van der Waals surface area contributed by atoms with Crippen LogP contribution in [0.2, 0.25) is 5.02 Å². The highest BCUT2D eigenvalue weighted by Crippen LogP contribution is 2.35. The van der Waals surface area contributed by atoms with Crippen LogP contribution in [0.1, 0.15) is 22.7 Å². The lowest BCUT2D eigenvalue weighted by atomic mass is 9.96. The van der Waals surface area contributed by atoms with Crippen LogP contribution < -0.4 is 0 Å². The molecule has 21 heavy (non-hydrogen) atoms. The number of aromatic amines is 1. The molecule has 1 unspecified atom stereocenters. The number of hydrogen-bond acceptors (Lipinski definition) is 1. The highest BCUT2D eigenvalue weighted by molar-refractivity contribution is 6.35. The topological polar surface area (TPSA) is 19.0 Å². The van der Waals surface area contributed by atoms with Crippen molar-refractivity contribution in [3.63, 3.8) is 0 Å². The van der Waals surface area contributed by atoms with Crippen molar-refractivity contribution in [3.8, 4) is 0 Å². The van der Waals surface area contributed by atoms with Crippen LogP contribution >= 0.6 is 11.6 Å². The second-order valence-electron chi connectivity index (χ2n) is 5.68. The van der Waals surface area contributed by atoms with Crippen molar-refractivity contribution < 1.29 is 0 Å². The Bertz CT molecular complexity index is 756. The number of hydrogen-bond donors (Lipinski definition) is 1. The molecule has 0 fully saturated rings. The van der Waals surface area contributed by atoms with Crippen molar-refractivity contribution in [2.24, 2.45) is 0 Å². The molecule has 1 aromatic heterocycles. The second kappa shape index (κ2) is 5.55. The van der Waals surface area contributed by atoms with Gasteiger partial charge < -0.3 is 4.98 Å². The molecule has 1 atom stereocenters. The van der Waals surface area contributed by atoms with Gasteiger partial charge in [-0.05, 0) is 38.7 Å². The molecule has 3 rings (SSSR count). The minimum Gasteiger partial charge on any atom is -0.361 e. The summed E-state index contributed by atoms with van der Waals surface area (Å²) >= 11 is 6.43. The van der Waals surface area contributed by atoms with Crippen LogP contribution in [-0.4, -0.2) is 24.0 Å². The summed E-state index contributed by atoms with van der Waals surface area (Å²) < 4.78 is 0. The van der Waals surface area contributed by atoms with Crippen molar-refractivity contribution in [1.82, 2.24) is 9.88 Å². The monoisotopic (exact) mass is 298 g/mol. The number of fused-ring (bicyclic) bond motifs is 1. The maximum absolute atomic E-state index is 6.43. The highest BCUT2D eigenvalue weighted by atomic mass is 35.5. The van der Waals surface area contributed by atoms with Gasteiger partial charge in [0.1, 0.15) is 0 Å². The fraction of sp³-hybridized carbons (Fsp3) is 0.222. The zero-order valence-corrected chi connectivity index (χ0v) is 13.3. The van der Waals surface area contributed by atoms with E-state index in [1.807, 2.05) is 12.1 Å². The van der Waals surface area contributed by atoms with Crippen LogP contribution in [0.15, 0.2) is 48.7 Å². The second-order valence-corrected chi connectivity index (χ2v) is 6.09. The van der Waals surface area contributed by atoms with E-state index in [1.165, 1.54) is 16.7 Å². The normalized spacial score (nSPS) is 13.0. The van der Waals surface area contributed by atoms with Crippen LogP contribution in [0.4, 0.5) is 0 Å². The van der Waals surface area contributed by atoms with Gasteiger partial charge in [0.15, 0.2) is 0 Å². The van der Waals surface area contributed by atoms with E-state index >= 15 is 0 Å². The molecule has 2 nitrogen and oxygen atoms in total. The Labute approximate surface area is 130 Å². The van der Waals surface area contributed by atoms with Crippen molar-refractivity contribution in [3.05, 3.63) is 70.4 Å². The maximum atomic E-state index is 6.43. The maximum Gasteiger partial charge on any atom is 0.0618 e. The van der Waals surface area contributed by atoms with Crippen molar-refractivity contribution in [1.29, 1.82) is 0 Å². The summed E-state index contributed by atoms with van der Waals surface area (Å²) in [6.07, 6.45) is 2.07. The van der Waals surface area contributed by atoms with E-state index in [2.05, 4.69) is 67.4 Å².